The van der Waals surface area contributed by atoms with Crippen LogP contribution >= 0.6 is 0 Å². The molecule has 1 aromatic heterocycles. The molecule has 0 radical (unpaired) electrons. The number of carbonyl (C=O) groups excluding carboxylic acids is 1. The van der Waals surface area contributed by atoms with Gasteiger partial charge in [-0.25, -0.2) is 0 Å². The number of rotatable bonds is 5. The van der Waals surface area contributed by atoms with Crippen LogP contribution in [0.4, 0.5) is 0 Å². The van der Waals surface area contributed by atoms with E-state index in [1.165, 1.54) is 0 Å². The van der Waals surface area contributed by atoms with E-state index >= 15 is 0 Å². The summed E-state index contributed by atoms with van der Waals surface area (Å²) < 4.78 is 0. The molecular weight excluding hydrogens is 190 g/mol. The van der Waals surface area contributed by atoms with Crippen LogP contribution < -0.4 is 0 Å². The zero-order valence-electron chi connectivity index (χ0n) is 9.23. The highest BCUT2D eigenvalue weighted by Crippen LogP contribution is 2.17. The van der Waals surface area contributed by atoms with E-state index in [1.807, 2.05) is 19.9 Å². The van der Waals surface area contributed by atoms with Crippen molar-refractivity contribution in [2.75, 3.05) is 0 Å². The monoisotopic (exact) mass is 207 g/mol. The second-order valence-corrected chi connectivity index (χ2v) is 3.66. The van der Waals surface area contributed by atoms with Gasteiger partial charge in [0.25, 0.3) is 0 Å². The second kappa shape index (κ2) is 5.03. The van der Waals surface area contributed by atoms with E-state index in [0.717, 1.165) is 0 Å². The molecule has 0 aliphatic heterocycles. The van der Waals surface area contributed by atoms with Crippen LogP contribution in [0.25, 0.3) is 0 Å². The molecule has 1 N–H and O–H groups in total. The molecule has 82 valence electrons. The number of hydrogen-bond donors (Lipinski definition) is 1. The van der Waals surface area contributed by atoms with Crippen molar-refractivity contribution in [1.29, 1.82) is 0 Å². The van der Waals surface area contributed by atoms with Gasteiger partial charge in [0.15, 0.2) is 5.78 Å². The molecule has 3 heteroatoms. The molecule has 0 spiro atoms. The molecule has 1 aromatic rings. The van der Waals surface area contributed by atoms with Gasteiger partial charge in [-0.1, -0.05) is 19.9 Å². The highest BCUT2D eigenvalue weighted by Gasteiger charge is 2.31. The maximum atomic E-state index is 11.8. The number of carbonyl (C=O) groups is 1. The summed E-state index contributed by atoms with van der Waals surface area (Å²) in [5.41, 5.74) is -0.472. The predicted octanol–water partition coefficient (Wildman–Crippen LogP) is 1.74. The Balaban J connectivity index is 2.71. The molecular formula is C12H17NO2. The van der Waals surface area contributed by atoms with Crippen molar-refractivity contribution in [3.8, 4) is 0 Å². The van der Waals surface area contributed by atoms with Crippen molar-refractivity contribution in [3.05, 3.63) is 30.1 Å². The van der Waals surface area contributed by atoms with Crippen LogP contribution in [0.15, 0.2) is 24.4 Å². The Morgan fingerprint density at radius 3 is 2.53 bits per heavy atom. The summed E-state index contributed by atoms with van der Waals surface area (Å²) >= 11 is 0. The Bertz CT molecular complexity index is 318. The van der Waals surface area contributed by atoms with Crippen molar-refractivity contribution >= 4 is 5.78 Å². The summed E-state index contributed by atoms with van der Waals surface area (Å²) in [6, 6.07) is 5.44. The molecule has 3 nitrogen and oxygen atoms in total. The van der Waals surface area contributed by atoms with Crippen molar-refractivity contribution < 1.29 is 9.90 Å². The third-order valence-electron chi connectivity index (χ3n) is 2.76. The quantitative estimate of drug-likeness (QED) is 0.800. The van der Waals surface area contributed by atoms with Crippen molar-refractivity contribution in [2.24, 2.45) is 0 Å². The first kappa shape index (κ1) is 11.9. The van der Waals surface area contributed by atoms with Crippen LogP contribution in [0.5, 0.6) is 0 Å². The van der Waals surface area contributed by atoms with Crippen LogP contribution in [-0.2, 0) is 11.2 Å². The smallest absolute Gasteiger partial charge is 0.170 e. The molecule has 0 saturated heterocycles. The molecule has 0 saturated carbocycles. The van der Waals surface area contributed by atoms with Gasteiger partial charge in [0, 0.05) is 11.9 Å². The Labute approximate surface area is 90.2 Å². The summed E-state index contributed by atoms with van der Waals surface area (Å²) in [7, 11) is 0. The van der Waals surface area contributed by atoms with Gasteiger partial charge in [-0.05, 0) is 25.0 Å². The number of ketones is 1. The molecule has 15 heavy (non-hydrogen) atoms. The molecule has 0 aliphatic carbocycles. The van der Waals surface area contributed by atoms with Gasteiger partial charge in [0.1, 0.15) is 5.60 Å². The number of nitrogens with zero attached hydrogens (tertiary/aromatic N) is 1. The molecule has 0 amide bonds. The molecule has 0 fully saturated rings. The number of aliphatic hydroxyl groups is 1. The summed E-state index contributed by atoms with van der Waals surface area (Å²) in [5, 5.41) is 9.98. The zero-order chi connectivity index (χ0) is 11.3. The van der Waals surface area contributed by atoms with Crippen LogP contribution in [-0.4, -0.2) is 21.5 Å². The fourth-order valence-electron chi connectivity index (χ4n) is 1.48. The van der Waals surface area contributed by atoms with Crippen LogP contribution in [0, 0.1) is 0 Å². The Kier molecular flexibility index (Phi) is 3.97. The minimum absolute atomic E-state index is 0.147. The zero-order valence-corrected chi connectivity index (χ0v) is 9.23. The van der Waals surface area contributed by atoms with Crippen molar-refractivity contribution in [1.82, 2.24) is 4.98 Å². The lowest BCUT2D eigenvalue weighted by molar-refractivity contribution is -0.137. The van der Waals surface area contributed by atoms with E-state index in [0.29, 0.717) is 18.5 Å². The Hall–Kier alpha value is -1.22. The minimum Gasteiger partial charge on any atom is -0.382 e. The first-order valence-electron chi connectivity index (χ1n) is 5.28. The number of pyridine rings is 1. The standard InChI is InChI=1S/C12H17NO2/c1-3-12(15,4-2)11(14)9-10-7-5-6-8-13-10/h5-8,15H,3-4,9H2,1-2H3. The minimum atomic E-state index is -1.18. The largest absolute Gasteiger partial charge is 0.382 e. The molecule has 0 unspecified atom stereocenters. The van der Waals surface area contributed by atoms with Gasteiger partial charge in [0.05, 0.1) is 6.42 Å². The SMILES string of the molecule is CCC(O)(CC)C(=O)Cc1ccccn1. The number of Topliss-reactive ketones (excluding diaryl/α,β-unsaturated/α-hetero) is 1. The van der Waals surface area contributed by atoms with Crippen LogP contribution in [0.1, 0.15) is 32.4 Å². The Morgan fingerprint density at radius 2 is 2.07 bits per heavy atom. The van der Waals surface area contributed by atoms with Gasteiger partial charge in [-0.3, -0.25) is 9.78 Å². The molecule has 1 heterocycles. The van der Waals surface area contributed by atoms with Gasteiger partial charge < -0.3 is 5.11 Å². The maximum absolute atomic E-state index is 11.8. The summed E-state index contributed by atoms with van der Waals surface area (Å²) in [6.45, 7) is 3.64. The van der Waals surface area contributed by atoms with E-state index < -0.39 is 5.60 Å². The fraction of sp³-hybridized carbons (Fsp3) is 0.500. The predicted molar refractivity (Wildman–Crippen MR) is 58.5 cm³/mol. The fourth-order valence-corrected chi connectivity index (χ4v) is 1.48. The summed E-state index contributed by atoms with van der Waals surface area (Å²) in [5.74, 6) is -0.147. The molecule has 0 aromatic carbocycles. The maximum Gasteiger partial charge on any atom is 0.170 e. The number of hydrogen-bond acceptors (Lipinski definition) is 3. The van der Waals surface area contributed by atoms with Crippen LogP contribution in [0.3, 0.4) is 0 Å². The van der Waals surface area contributed by atoms with E-state index in [4.69, 9.17) is 0 Å². The average molecular weight is 207 g/mol. The Morgan fingerprint density at radius 1 is 1.40 bits per heavy atom. The highest BCUT2D eigenvalue weighted by atomic mass is 16.3. The molecule has 1 rings (SSSR count). The second-order valence-electron chi connectivity index (χ2n) is 3.66. The molecule has 0 bridgehead atoms. The lowest BCUT2D eigenvalue weighted by atomic mass is 9.89. The lowest BCUT2D eigenvalue weighted by Gasteiger charge is -2.23. The summed E-state index contributed by atoms with van der Waals surface area (Å²) in [6.07, 6.45) is 2.77. The van der Waals surface area contributed by atoms with E-state index in [-0.39, 0.29) is 12.2 Å². The van der Waals surface area contributed by atoms with E-state index in [2.05, 4.69) is 4.98 Å². The molecule has 0 aliphatic rings. The third kappa shape index (κ3) is 2.86. The normalized spacial score (nSPS) is 11.4. The van der Waals surface area contributed by atoms with Gasteiger partial charge in [0.2, 0.25) is 0 Å². The van der Waals surface area contributed by atoms with Gasteiger partial charge in [-0.15, -0.1) is 0 Å². The number of aromatic nitrogens is 1. The van der Waals surface area contributed by atoms with Crippen LogP contribution in [0.2, 0.25) is 0 Å². The molecule has 0 atom stereocenters. The highest BCUT2D eigenvalue weighted by molar-refractivity contribution is 5.88. The van der Waals surface area contributed by atoms with Gasteiger partial charge >= 0.3 is 0 Å². The van der Waals surface area contributed by atoms with Gasteiger partial charge in [-0.2, -0.15) is 0 Å². The summed E-state index contributed by atoms with van der Waals surface area (Å²) in [4.78, 5) is 15.9. The topological polar surface area (TPSA) is 50.2 Å². The van der Waals surface area contributed by atoms with E-state index in [9.17, 15) is 9.90 Å². The van der Waals surface area contributed by atoms with E-state index in [1.54, 1.807) is 18.3 Å². The van der Waals surface area contributed by atoms with Crippen molar-refractivity contribution in [2.45, 2.75) is 38.7 Å². The third-order valence-corrected chi connectivity index (χ3v) is 2.76. The van der Waals surface area contributed by atoms with Crippen molar-refractivity contribution in [3.63, 3.8) is 0 Å². The first-order chi connectivity index (χ1) is 7.12. The first-order valence-corrected chi connectivity index (χ1v) is 5.28. The average Bonchev–Trinajstić information content (AvgIpc) is 2.29. The lowest BCUT2D eigenvalue weighted by Crippen LogP contribution is -2.38.